The van der Waals surface area contributed by atoms with Gasteiger partial charge in [0.05, 0.1) is 0 Å². The van der Waals surface area contributed by atoms with Gasteiger partial charge in [-0.3, -0.25) is 0 Å². The first-order valence-electron chi connectivity index (χ1n) is 22.2. The zero-order valence-corrected chi connectivity index (χ0v) is 38.3. The van der Waals surface area contributed by atoms with Crippen LogP contribution in [0.5, 0.6) is 23.0 Å². The molecule has 0 aliphatic carbocycles. The van der Waals surface area contributed by atoms with Gasteiger partial charge in [0.25, 0.3) is 0 Å². The van der Waals surface area contributed by atoms with Crippen LogP contribution in [-0.2, 0) is 10.8 Å². The Morgan fingerprint density at radius 3 is 1.20 bits per heavy atom. The minimum atomic E-state index is -0.0939. The average molecular weight is 876 g/mol. The number of ether oxygens (including phenoxy) is 2. The summed E-state index contributed by atoms with van der Waals surface area (Å²) in [6, 6.07) is 72.2. The van der Waals surface area contributed by atoms with Gasteiger partial charge in [-0.1, -0.05) is 185 Å². The van der Waals surface area contributed by atoms with Gasteiger partial charge in [0.15, 0.2) is 23.0 Å². The molecule has 9 aromatic rings. The second-order valence-corrected chi connectivity index (χ2v) is 20.2. The molecule has 3 aliphatic rings. The standard InChI is InChI=1S/C60H45NO2S2/c1-59(2)47-17-5-9-24-54(47)64-57-45(15-11-19-49(57)59)39-28-34-42(35-29-39)61(41-32-26-38(27-33-41)44-14-13-23-53-56(44)63-52-22-8-7-21-51(52)62-53)43-36-30-40(31-37-43)46-16-12-20-50-58(46)65-55-25-10-6-18-48(55)60(50,3)4/h5-37H,1-4H3. The van der Waals surface area contributed by atoms with Gasteiger partial charge in [0.1, 0.15) is 0 Å². The Kier molecular flexibility index (Phi) is 9.38. The van der Waals surface area contributed by atoms with Gasteiger partial charge in [0.2, 0.25) is 0 Å². The average Bonchev–Trinajstić information content (AvgIpc) is 3.34. The normalized spacial score (nSPS) is 14.5. The third-order valence-corrected chi connectivity index (χ3v) is 15.9. The number of nitrogens with zero attached hydrogens (tertiary/aromatic N) is 1. The van der Waals surface area contributed by atoms with Gasteiger partial charge in [-0.05, 0) is 117 Å². The number of benzene rings is 9. The number of hydrogen-bond acceptors (Lipinski definition) is 5. The topological polar surface area (TPSA) is 21.7 Å². The number of rotatable bonds is 6. The van der Waals surface area contributed by atoms with E-state index in [9.17, 15) is 0 Å². The highest BCUT2D eigenvalue weighted by Crippen LogP contribution is 2.55. The molecule has 3 heterocycles. The van der Waals surface area contributed by atoms with Gasteiger partial charge in [-0.25, -0.2) is 0 Å². The van der Waals surface area contributed by atoms with Gasteiger partial charge in [0, 0.05) is 53.0 Å². The van der Waals surface area contributed by atoms with Crippen molar-refractivity contribution in [1.29, 1.82) is 0 Å². The fourth-order valence-corrected chi connectivity index (χ4v) is 13.0. The van der Waals surface area contributed by atoms with Crippen LogP contribution in [-0.4, -0.2) is 0 Å². The molecule has 314 valence electrons. The second-order valence-electron chi connectivity index (χ2n) is 18.1. The highest BCUT2D eigenvalue weighted by atomic mass is 32.2. The minimum absolute atomic E-state index is 0.0939. The number of hydrogen-bond donors (Lipinski definition) is 0. The molecule has 12 rings (SSSR count). The minimum Gasteiger partial charge on any atom is -0.449 e. The van der Waals surface area contributed by atoms with E-state index in [1.165, 1.54) is 64.1 Å². The summed E-state index contributed by atoms with van der Waals surface area (Å²) >= 11 is 3.78. The third-order valence-electron chi connectivity index (χ3n) is 13.5. The maximum Gasteiger partial charge on any atom is 0.177 e. The predicted molar refractivity (Wildman–Crippen MR) is 269 cm³/mol. The van der Waals surface area contributed by atoms with Crippen molar-refractivity contribution < 1.29 is 9.47 Å². The van der Waals surface area contributed by atoms with Crippen LogP contribution in [0.1, 0.15) is 49.9 Å². The summed E-state index contributed by atoms with van der Waals surface area (Å²) in [6.45, 7) is 9.40. The molecule has 0 amide bonds. The highest BCUT2D eigenvalue weighted by Gasteiger charge is 2.35. The molecule has 0 aromatic heterocycles. The summed E-state index contributed by atoms with van der Waals surface area (Å²) in [4.78, 5) is 7.68. The Morgan fingerprint density at radius 1 is 0.338 bits per heavy atom. The van der Waals surface area contributed by atoms with Crippen molar-refractivity contribution in [2.24, 2.45) is 0 Å². The van der Waals surface area contributed by atoms with Gasteiger partial charge >= 0.3 is 0 Å². The highest BCUT2D eigenvalue weighted by molar-refractivity contribution is 8.00. The first kappa shape index (κ1) is 39.7. The summed E-state index contributed by atoms with van der Waals surface area (Å²) in [5, 5.41) is 0. The predicted octanol–water partition coefficient (Wildman–Crippen LogP) is 17.6. The van der Waals surface area contributed by atoms with E-state index in [1.807, 2.05) is 59.9 Å². The van der Waals surface area contributed by atoms with Crippen LogP contribution in [0.15, 0.2) is 220 Å². The van der Waals surface area contributed by atoms with E-state index in [0.29, 0.717) is 11.5 Å². The van der Waals surface area contributed by atoms with E-state index in [2.05, 4.69) is 196 Å². The van der Waals surface area contributed by atoms with Crippen LogP contribution in [0.4, 0.5) is 17.1 Å². The Morgan fingerprint density at radius 2 is 0.708 bits per heavy atom. The van der Waals surface area contributed by atoms with Crippen LogP contribution >= 0.6 is 23.5 Å². The molecule has 0 spiro atoms. The first-order chi connectivity index (χ1) is 31.7. The van der Waals surface area contributed by atoms with E-state index in [-0.39, 0.29) is 10.8 Å². The molecular weight excluding hydrogens is 831 g/mol. The Labute approximate surface area is 389 Å². The maximum atomic E-state index is 6.46. The van der Waals surface area contributed by atoms with E-state index >= 15 is 0 Å². The molecule has 0 N–H and O–H groups in total. The summed E-state index contributed by atoms with van der Waals surface area (Å²) in [5.41, 5.74) is 15.5. The third kappa shape index (κ3) is 6.59. The molecule has 9 aromatic carbocycles. The lowest BCUT2D eigenvalue weighted by molar-refractivity contribution is 0.361. The number of para-hydroxylation sites is 3. The second kappa shape index (κ2) is 15.4. The number of fused-ring (bicyclic) bond motifs is 6. The molecule has 0 radical (unpaired) electrons. The van der Waals surface area contributed by atoms with Crippen molar-refractivity contribution in [2.75, 3.05) is 4.90 Å². The quantitative estimate of drug-likeness (QED) is 0.165. The van der Waals surface area contributed by atoms with E-state index in [4.69, 9.17) is 9.47 Å². The Bertz CT molecular complexity index is 3160. The SMILES string of the molecule is CC1(C)c2ccccc2Sc2c(-c3ccc(N(c4ccc(-c5cccc6c5Oc5ccccc5O6)cc4)c4ccc(-c5cccc6c5Sc5ccccc5C6(C)C)cc4)cc3)cccc21. The van der Waals surface area contributed by atoms with Crippen molar-refractivity contribution in [3.8, 4) is 56.4 Å². The van der Waals surface area contributed by atoms with Gasteiger partial charge < -0.3 is 14.4 Å². The molecule has 0 saturated heterocycles. The Balaban J connectivity index is 0.927. The van der Waals surface area contributed by atoms with Crippen molar-refractivity contribution >= 4 is 40.6 Å². The lowest BCUT2D eigenvalue weighted by Crippen LogP contribution is -2.23. The molecule has 5 heteroatoms. The Hall–Kier alpha value is -6.92. The van der Waals surface area contributed by atoms with Crippen LogP contribution in [0.2, 0.25) is 0 Å². The van der Waals surface area contributed by atoms with Crippen molar-refractivity contribution in [3.63, 3.8) is 0 Å². The molecule has 0 bridgehead atoms. The molecule has 3 nitrogen and oxygen atoms in total. The van der Waals surface area contributed by atoms with Crippen LogP contribution < -0.4 is 14.4 Å². The molecule has 0 fully saturated rings. The van der Waals surface area contributed by atoms with Crippen LogP contribution in [0.25, 0.3) is 33.4 Å². The summed E-state index contributed by atoms with van der Waals surface area (Å²) in [7, 11) is 0. The molecular formula is C60H45NO2S2. The zero-order valence-electron chi connectivity index (χ0n) is 36.6. The largest absolute Gasteiger partial charge is 0.449 e. The molecule has 0 unspecified atom stereocenters. The summed E-state index contributed by atoms with van der Waals surface area (Å²) in [5.74, 6) is 2.88. The molecule has 65 heavy (non-hydrogen) atoms. The van der Waals surface area contributed by atoms with Crippen molar-refractivity contribution in [1.82, 2.24) is 0 Å². The van der Waals surface area contributed by atoms with E-state index in [1.54, 1.807) is 0 Å². The monoisotopic (exact) mass is 875 g/mol. The van der Waals surface area contributed by atoms with Crippen molar-refractivity contribution in [3.05, 3.63) is 222 Å². The van der Waals surface area contributed by atoms with Crippen LogP contribution in [0.3, 0.4) is 0 Å². The number of anilines is 3. The molecule has 0 atom stereocenters. The summed E-state index contributed by atoms with van der Waals surface area (Å²) < 4.78 is 12.7. The lowest BCUT2D eigenvalue weighted by Gasteiger charge is -2.35. The summed E-state index contributed by atoms with van der Waals surface area (Å²) in [6.07, 6.45) is 0. The van der Waals surface area contributed by atoms with Gasteiger partial charge in [-0.15, -0.1) is 0 Å². The molecule has 3 aliphatic heterocycles. The lowest BCUT2D eigenvalue weighted by atomic mass is 9.77. The fraction of sp³-hybridized carbons (Fsp3) is 0.100. The van der Waals surface area contributed by atoms with E-state index < -0.39 is 0 Å². The first-order valence-corrected chi connectivity index (χ1v) is 23.9. The van der Waals surface area contributed by atoms with Gasteiger partial charge in [-0.2, -0.15) is 0 Å². The van der Waals surface area contributed by atoms with Crippen molar-refractivity contribution in [2.45, 2.75) is 58.1 Å². The smallest absolute Gasteiger partial charge is 0.177 e. The molecule has 0 saturated carbocycles. The van der Waals surface area contributed by atoms with E-state index in [0.717, 1.165) is 39.7 Å². The maximum absolute atomic E-state index is 6.46. The fourth-order valence-electron chi connectivity index (χ4n) is 9.98. The zero-order chi connectivity index (χ0) is 43.9. The van der Waals surface area contributed by atoms with Crippen LogP contribution in [0, 0.1) is 0 Å².